The number of thioether (sulfide) groups is 1. The SMILES string of the molecule is O=c1cc(C=Cc2cccnc2)nc2sc(SCc3ccc(Cl)cc3)nn12. The molecule has 8 heteroatoms. The fraction of sp³-hybridized carbons (Fsp3) is 0.0526. The molecule has 0 saturated heterocycles. The third kappa shape index (κ3) is 4.44. The number of halogens is 1. The van der Waals surface area contributed by atoms with E-state index in [2.05, 4.69) is 15.1 Å². The van der Waals surface area contributed by atoms with Gasteiger partial charge < -0.3 is 0 Å². The van der Waals surface area contributed by atoms with Gasteiger partial charge in [0.05, 0.1) is 5.69 Å². The number of aromatic nitrogens is 4. The Balaban J connectivity index is 1.55. The Bertz CT molecular complexity index is 1150. The van der Waals surface area contributed by atoms with E-state index >= 15 is 0 Å². The number of fused-ring (bicyclic) bond motifs is 1. The van der Waals surface area contributed by atoms with Crippen molar-refractivity contribution in [3.05, 3.63) is 87.1 Å². The topological polar surface area (TPSA) is 60.2 Å². The van der Waals surface area contributed by atoms with Crippen molar-refractivity contribution in [3.63, 3.8) is 0 Å². The Morgan fingerprint density at radius 3 is 2.81 bits per heavy atom. The van der Waals surface area contributed by atoms with Gasteiger partial charge >= 0.3 is 0 Å². The predicted molar refractivity (Wildman–Crippen MR) is 111 cm³/mol. The molecule has 1 aromatic carbocycles. The lowest BCUT2D eigenvalue weighted by Crippen LogP contribution is -2.14. The minimum atomic E-state index is -0.194. The van der Waals surface area contributed by atoms with Crippen LogP contribution < -0.4 is 5.56 Å². The van der Waals surface area contributed by atoms with Crippen LogP contribution in [0, 0.1) is 0 Å². The van der Waals surface area contributed by atoms with Crippen LogP contribution in [-0.4, -0.2) is 19.6 Å². The first-order valence-electron chi connectivity index (χ1n) is 8.04. The molecule has 0 aliphatic rings. The molecule has 0 saturated carbocycles. The van der Waals surface area contributed by atoms with Crippen LogP contribution in [0.15, 0.2) is 64.0 Å². The molecule has 0 bridgehead atoms. The molecule has 0 aliphatic carbocycles. The minimum Gasteiger partial charge on any atom is -0.267 e. The van der Waals surface area contributed by atoms with E-state index in [1.54, 1.807) is 30.2 Å². The van der Waals surface area contributed by atoms with E-state index < -0.39 is 0 Å². The summed E-state index contributed by atoms with van der Waals surface area (Å²) in [5, 5.41) is 5.08. The largest absolute Gasteiger partial charge is 0.275 e. The summed E-state index contributed by atoms with van der Waals surface area (Å²) in [5.41, 5.74) is 2.49. The summed E-state index contributed by atoms with van der Waals surface area (Å²) in [5.74, 6) is 0.750. The maximum Gasteiger partial charge on any atom is 0.275 e. The molecule has 0 spiro atoms. The second-order valence-corrected chi connectivity index (χ2v) is 8.23. The highest BCUT2D eigenvalue weighted by molar-refractivity contribution is 8.00. The first-order chi connectivity index (χ1) is 13.2. The molecule has 0 atom stereocenters. The Morgan fingerprint density at radius 1 is 1.19 bits per heavy atom. The van der Waals surface area contributed by atoms with Crippen molar-refractivity contribution in [1.29, 1.82) is 0 Å². The van der Waals surface area contributed by atoms with Gasteiger partial charge in [0.1, 0.15) is 0 Å². The molecule has 0 radical (unpaired) electrons. The monoisotopic (exact) mass is 412 g/mol. The van der Waals surface area contributed by atoms with Gasteiger partial charge in [0.15, 0.2) is 4.34 Å². The Morgan fingerprint density at radius 2 is 2.04 bits per heavy atom. The summed E-state index contributed by atoms with van der Waals surface area (Å²) in [7, 11) is 0. The Labute approximate surface area is 168 Å². The summed E-state index contributed by atoms with van der Waals surface area (Å²) >= 11 is 8.88. The second-order valence-electron chi connectivity index (χ2n) is 5.62. The second kappa shape index (κ2) is 8.04. The molecular formula is C19H13ClN4OS2. The fourth-order valence-corrected chi connectivity index (χ4v) is 4.37. The van der Waals surface area contributed by atoms with Crippen LogP contribution in [-0.2, 0) is 5.75 Å². The number of benzene rings is 1. The standard InChI is InChI=1S/C19H13ClN4OS2/c20-15-6-3-14(4-7-15)12-26-19-23-24-17(25)10-16(22-18(24)27-19)8-5-13-2-1-9-21-11-13/h1-11H,12H2. The average molecular weight is 413 g/mol. The van der Waals surface area contributed by atoms with E-state index in [1.807, 2.05) is 42.5 Å². The molecule has 0 fully saturated rings. The molecule has 0 amide bonds. The smallest absolute Gasteiger partial charge is 0.267 e. The van der Waals surface area contributed by atoms with Gasteiger partial charge in [-0.25, -0.2) is 4.98 Å². The molecule has 134 valence electrons. The van der Waals surface area contributed by atoms with Crippen molar-refractivity contribution >= 4 is 51.8 Å². The summed E-state index contributed by atoms with van der Waals surface area (Å²) < 4.78 is 2.14. The van der Waals surface area contributed by atoms with Crippen LogP contribution in [0.25, 0.3) is 17.1 Å². The molecule has 0 N–H and O–H groups in total. The molecule has 5 nitrogen and oxygen atoms in total. The van der Waals surface area contributed by atoms with Crippen molar-refractivity contribution in [2.75, 3.05) is 0 Å². The summed E-state index contributed by atoms with van der Waals surface area (Å²) in [6.45, 7) is 0. The van der Waals surface area contributed by atoms with Gasteiger partial charge in [0.25, 0.3) is 5.56 Å². The normalized spacial score (nSPS) is 11.4. The highest BCUT2D eigenvalue weighted by Gasteiger charge is 2.09. The quantitative estimate of drug-likeness (QED) is 0.446. The average Bonchev–Trinajstić information content (AvgIpc) is 3.10. The van der Waals surface area contributed by atoms with Gasteiger partial charge in [-0.15, -0.1) is 5.10 Å². The Kier molecular flexibility index (Phi) is 5.33. The van der Waals surface area contributed by atoms with E-state index in [0.29, 0.717) is 15.7 Å². The molecule has 27 heavy (non-hydrogen) atoms. The van der Waals surface area contributed by atoms with Crippen LogP contribution in [0.2, 0.25) is 5.02 Å². The fourth-order valence-electron chi connectivity index (χ4n) is 2.34. The van der Waals surface area contributed by atoms with Gasteiger partial charge in [0.2, 0.25) is 4.96 Å². The number of rotatable bonds is 5. The van der Waals surface area contributed by atoms with Crippen molar-refractivity contribution < 1.29 is 0 Å². The van der Waals surface area contributed by atoms with Crippen molar-refractivity contribution in [1.82, 2.24) is 19.6 Å². The zero-order chi connectivity index (χ0) is 18.6. The zero-order valence-corrected chi connectivity index (χ0v) is 16.3. The van der Waals surface area contributed by atoms with E-state index in [1.165, 1.54) is 21.9 Å². The van der Waals surface area contributed by atoms with Crippen LogP contribution in [0.4, 0.5) is 0 Å². The van der Waals surface area contributed by atoms with Gasteiger partial charge in [0, 0.05) is 29.2 Å². The van der Waals surface area contributed by atoms with E-state index in [-0.39, 0.29) is 5.56 Å². The van der Waals surface area contributed by atoms with Crippen LogP contribution in [0.5, 0.6) is 0 Å². The number of pyridine rings is 1. The van der Waals surface area contributed by atoms with E-state index in [9.17, 15) is 4.79 Å². The lowest BCUT2D eigenvalue weighted by Gasteiger charge is -1.98. The first-order valence-corrected chi connectivity index (χ1v) is 10.2. The van der Waals surface area contributed by atoms with Crippen molar-refractivity contribution in [2.45, 2.75) is 10.1 Å². The van der Waals surface area contributed by atoms with Crippen LogP contribution in [0.3, 0.4) is 0 Å². The lowest BCUT2D eigenvalue weighted by molar-refractivity contribution is 0.855. The summed E-state index contributed by atoms with van der Waals surface area (Å²) in [4.78, 5) is 21.5. The minimum absolute atomic E-state index is 0.194. The zero-order valence-electron chi connectivity index (χ0n) is 13.9. The first kappa shape index (κ1) is 17.9. The molecular weight excluding hydrogens is 400 g/mol. The van der Waals surface area contributed by atoms with E-state index in [4.69, 9.17) is 11.6 Å². The highest BCUT2D eigenvalue weighted by Crippen LogP contribution is 2.27. The predicted octanol–water partition coefficient (Wildman–Crippen LogP) is 4.66. The molecule has 3 aromatic heterocycles. The maximum atomic E-state index is 12.3. The number of hydrogen-bond acceptors (Lipinski definition) is 6. The van der Waals surface area contributed by atoms with Crippen LogP contribution in [0.1, 0.15) is 16.8 Å². The Hall–Kier alpha value is -2.48. The molecule has 0 unspecified atom stereocenters. The molecule has 3 heterocycles. The number of hydrogen-bond donors (Lipinski definition) is 0. The summed E-state index contributed by atoms with van der Waals surface area (Å²) in [6.07, 6.45) is 7.15. The van der Waals surface area contributed by atoms with E-state index in [0.717, 1.165) is 21.2 Å². The third-order valence-corrected chi connectivity index (χ3v) is 6.02. The molecule has 4 aromatic rings. The molecule has 0 aliphatic heterocycles. The third-order valence-electron chi connectivity index (χ3n) is 3.65. The van der Waals surface area contributed by atoms with Crippen molar-refractivity contribution in [2.24, 2.45) is 0 Å². The maximum absolute atomic E-state index is 12.3. The van der Waals surface area contributed by atoms with Gasteiger partial charge in [-0.2, -0.15) is 4.52 Å². The van der Waals surface area contributed by atoms with Gasteiger partial charge in [-0.05, 0) is 35.4 Å². The molecule has 4 rings (SSSR count). The lowest BCUT2D eigenvalue weighted by atomic mass is 10.2. The highest BCUT2D eigenvalue weighted by atomic mass is 35.5. The van der Waals surface area contributed by atoms with Crippen LogP contribution >= 0.6 is 34.7 Å². The van der Waals surface area contributed by atoms with Gasteiger partial charge in [-0.3, -0.25) is 9.78 Å². The summed E-state index contributed by atoms with van der Waals surface area (Å²) in [6, 6.07) is 13.0. The van der Waals surface area contributed by atoms with Gasteiger partial charge in [-0.1, -0.05) is 59.0 Å². The number of nitrogens with zero attached hydrogens (tertiary/aromatic N) is 4. The van der Waals surface area contributed by atoms with Crippen molar-refractivity contribution in [3.8, 4) is 0 Å².